The van der Waals surface area contributed by atoms with Crippen LogP contribution >= 0.6 is 0 Å². The third kappa shape index (κ3) is 3.65. The molecule has 1 aromatic heterocycles. The number of rotatable bonds is 3. The minimum atomic E-state index is -0.244. The second-order valence-electron chi connectivity index (χ2n) is 10.9. The van der Waals surface area contributed by atoms with Crippen molar-refractivity contribution in [3.63, 3.8) is 0 Å². The average Bonchev–Trinajstić information content (AvgIpc) is 3.50. The van der Waals surface area contributed by atoms with Crippen molar-refractivity contribution in [1.29, 1.82) is 0 Å². The molecule has 9 aromatic rings. The van der Waals surface area contributed by atoms with E-state index in [2.05, 4.69) is 66.7 Å². The van der Waals surface area contributed by atoms with Crippen LogP contribution < -0.4 is 0 Å². The molecule has 0 aliphatic heterocycles. The van der Waals surface area contributed by atoms with Gasteiger partial charge in [0.15, 0.2) is 0 Å². The summed E-state index contributed by atoms with van der Waals surface area (Å²) in [4.78, 5) is 0. The van der Waals surface area contributed by atoms with Gasteiger partial charge in [-0.2, -0.15) is 0 Å². The van der Waals surface area contributed by atoms with E-state index < -0.39 is 0 Å². The van der Waals surface area contributed by atoms with Gasteiger partial charge in [-0.3, -0.25) is 0 Å². The standard InChI is InChI=1S/C42H26O/c1-2-12-27(13-3-1)30-15-6-7-17-32(30)41-35-20-10-8-18-33(35)40(34-19-9-11-21-36(34)41)29-23-25-39-38(26-29)37-24-22-28-14-4-5-16-31(28)42(37)43-39/h1-26H/i6D,7D,15D,17D. The summed E-state index contributed by atoms with van der Waals surface area (Å²) in [6.07, 6.45) is 0. The molecule has 1 heterocycles. The number of fused-ring (bicyclic) bond motifs is 7. The molecule has 200 valence electrons. The van der Waals surface area contributed by atoms with Gasteiger partial charge in [0.05, 0.1) is 5.48 Å². The van der Waals surface area contributed by atoms with Crippen molar-refractivity contribution in [2.24, 2.45) is 0 Å². The highest BCUT2D eigenvalue weighted by Crippen LogP contribution is 2.47. The predicted octanol–water partition coefficient (Wildman–Crippen LogP) is 12.0. The molecule has 8 aromatic carbocycles. The minimum absolute atomic E-state index is 0.0470. The smallest absolute Gasteiger partial charge is 0.143 e. The van der Waals surface area contributed by atoms with Crippen molar-refractivity contribution >= 4 is 54.3 Å². The Balaban J connectivity index is 1.40. The maximum Gasteiger partial charge on any atom is 0.143 e. The fraction of sp³-hybridized carbons (Fsp3) is 0. The molecule has 43 heavy (non-hydrogen) atoms. The predicted molar refractivity (Wildman–Crippen MR) is 183 cm³/mol. The van der Waals surface area contributed by atoms with E-state index in [1.165, 1.54) is 0 Å². The lowest BCUT2D eigenvalue weighted by atomic mass is 9.83. The molecule has 0 atom stereocenters. The van der Waals surface area contributed by atoms with Gasteiger partial charge in [0.2, 0.25) is 0 Å². The van der Waals surface area contributed by atoms with Crippen molar-refractivity contribution in [3.05, 3.63) is 158 Å². The summed E-state index contributed by atoms with van der Waals surface area (Å²) in [5.41, 5.74) is 6.38. The van der Waals surface area contributed by atoms with Crippen LogP contribution in [0.15, 0.2) is 162 Å². The fourth-order valence-corrected chi connectivity index (χ4v) is 6.69. The largest absolute Gasteiger partial charge is 0.455 e. The first-order chi connectivity index (χ1) is 23.0. The molecule has 0 bridgehead atoms. The Morgan fingerprint density at radius 2 is 1.02 bits per heavy atom. The first kappa shape index (κ1) is 20.3. The Kier molecular flexibility index (Phi) is 4.45. The topological polar surface area (TPSA) is 13.1 Å². The van der Waals surface area contributed by atoms with Crippen molar-refractivity contribution in [3.8, 4) is 33.4 Å². The summed E-state index contributed by atoms with van der Waals surface area (Å²) in [5, 5.41) is 8.20. The highest BCUT2D eigenvalue weighted by Gasteiger charge is 2.19. The Morgan fingerprint density at radius 3 is 1.74 bits per heavy atom. The first-order valence-corrected chi connectivity index (χ1v) is 14.4. The zero-order chi connectivity index (χ0) is 31.8. The lowest BCUT2D eigenvalue weighted by molar-refractivity contribution is 0.672. The van der Waals surface area contributed by atoms with Gasteiger partial charge in [-0.1, -0.05) is 139 Å². The molecule has 0 aliphatic rings. The highest BCUT2D eigenvalue weighted by molar-refractivity contribution is 6.23. The lowest BCUT2D eigenvalue weighted by Crippen LogP contribution is -1.92. The van der Waals surface area contributed by atoms with E-state index in [9.17, 15) is 1.37 Å². The van der Waals surface area contributed by atoms with Gasteiger partial charge >= 0.3 is 0 Å². The number of hydrogen-bond acceptors (Lipinski definition) is 1. The monoisotopic (exact) mass is 550 g/mol. The minimum Gasteiger partial charge on any atom is -0.455 e. The molecule has 0 unspecified atom stereocenters. The van der Waals surface area contributed by atoms with Gasteiger partial charge in [-0.05, 0) is 78.5 Å². The molecule has 0 aliphatic carbocycles. The molecular formula is C42H26O. The molecule has 0 fully saturated rings. The van der Waals surface area contributed by atoms with E-state index in [0.717, 1.165) is 76.5 Å². The number of furan rings is 1. The van der Waals surface area contributed by atoms with Crippen LogP contribution in [0.25, 0.3) is 87.6 Å². The van der Waals surface area contributed by atoms with E-state index in [0.29, 0.717) is 11.1 Å². The molecule has 0 amide bonds. The quantitative estimate of drug-likeness (QED) is 0.199. The zero-order valence-electron chi connectivity index (χ0n) is 27.1. The molecule has 9 rings (SSSR count). The molecule has 0 saturated heterocycles. The Hall–Kier alpha value is -5.66. The van der Waals surface area contributed by atoms with Crippen molar-refractivity contribution in [2.45, 2.75) is 0 Å². The lowest BCUT2D eigenvalue weighted by Gasteiger charge is -2.19. The maximum atomic E-state index is 9.23. The summed E-state index contributed by atoms with van der Waals surface area (Å²) in [7, 11) is 0. The van der Waals surface area contributed by atoms with Crippen LogP contribution in [0, 0.1) is 0 Å². The normalized spacial score (nSPS) is 13.0. The molecular weight excluding hydrogens is 520 g/mol. The Labute approximate surface area is 254 Å². The van der Waals surface area contributed by atoms with Crippen LogP contribution in [0.1, 0.15) is 5.48 Å². The van der Waals surface area contributed by atoms with Crippen LogP contribution in [-0.2, 0) is 0 Å². The van der Waals surface area contributed by atoms with E-state index in [1.807, 2.05) is 66.7 Å². The summed E-state index contributed by atoms with van der Waals surface area (Å²) >= 11 is 0. The van der Waals surface area contributed by atoms with Gasteiger partial charge < -0.3 is 4.42 Å². The molecule has 1 nitrogen and oxygen atoms in total. The van der Waals surface area contributed by atoms with Gasteiger partial charge in [0.1, 0.15) is 11.2 Å². The maximum absolute atomic E-state index is 9.23. The third-order valence-corrected chi connectivity index (χ3v) is 8.58. The van der Waals surface area contributed by atoms with Crippen LogP contribution in [0.4, 0.5) is 0 Å². The molecule has 0 radical (unpaired) electrons. The van der Waals surface area contributed by atoms with Crippen LogP contribution in [0.3, 0.4) is 0 Å². The van der Waals surface area contributed by atoms with Crippen LogP contribution in [0.5, 0.6) is 0 Å². The highest BCUT2D eigenvalue weighted by atomic mass is 16.3. The third-order valence-electron chi connectivity index (χ3n) is 8.58. The van der Waals surface area contributed by atoms with Gasteiger partial charge in [0, 0.05) is 16.2 Å². The zero-order valence-corrected chi connectivity index (χ0v) is 23.1. The molecule has 0 N–H and O–H groups in total. The summed E-state index contributed by atoms with van der Waals surface area (Å²) in [5.74, 6) is 0. The first-order valence-electron chi connectivity index (χ1n) is 16.4. The van der Waals surface area contributed by atoms with Crippen LogP contribution in [0.2, 0.25) is 0 Å². The van der Waals surface area contributed by atoms with E-state index >= 15 is 0 Å². The van der Waals surface area contributed by atoms with Gasteiger partial charge in [-0.25, -0.2) is 0 Å². The summed E-state index contributed by atoms with van der Waals surface area (Å²) < 4.78 is 42.0. The molecule has 0 spiro atoms. The second kappa shape index (κ2) is 9.44. The van der Waals surface area contributed by atoms with Crippen LogP contribution in [-0.4, -0.2) is 0 Å². The van der Waals surface area contributed by atoms with Crippen molar-refractivity contribution in [2.75, 3.05) is 0 Å². The second-order valence-corrected chi connectivity index (χ2v) is 10.9. The fourth-order valence-electron chi connectivity index (χ4n) is 6.69. The van der Waals surface area contributed by atoms with E-state index in [4.69, 9.17) is 8.53 Å². The van der Waals surface area contributed by atoms with Crippen molar-refractivity contribution in [1.82, 2.24) is 0 Å². The summed E-state index contributed by atoms with van der Waals surface area (Å²) in [6.45, 7) is 0. The molecule has 1 heteroatoms. The van der Waals surface area contributed by atoms with E-state index in [1.54, 1.807) is 0 Å². The number of benzene rings is 8. The SMILES string of the molecule is [2H]c1c([2H])c([2H])c(-c2c3ccccc3c(-c3ccc4oc5c6ccccc6ccc5c4c3)c3ccccc23)c(-c2ccccc2)c1[2H]. The Bertz CT molecular complexity index is 2670. The number of hydrogen-bond donors (Lipinski definition) is 0. The van der Waals surface area contributed by atoms with Crippen molar-refractivity contribution < 1.29 is 9.90 Å². The van der Waals surface area contributed by atoms with E-state index in [-0.39, 0.29) is 24.2 Å². The average molecular weight is 551 g/mol. The van der Waals surface area contributed by atoms with Gasteiger partial charge in [-0.15, -0.1) is 0 Å². The van der Waals surface area contributed by atoms with Gasteiger partial charge in [0.25, 0.3) is 0 Å². The Morgan fingerprint density at radius 1 is 0.419 bits per heavy atom. The molecule has 0 saturated carbocycles. The summed E-state index contributed by atoms with van der Waals surface area (Å²) in [6, 6.07) is 44.3.